The van der Waals surface area contributed by atoms with Crippen LogP contribution in [0.4, 0.5) is 11.6 Å². The molecule has 0 amide bonds. The Hall–Kier alpha value is -1.19. The van der Waals surface area contributed by atoms with Gasteiger partial charge in [0.1, 0.15) is 0 Å². The summed E-state index contributed by atoms with van der Waals surface area (Å²) < 4.78 is 2.12. The first kappa shape index (κ1) is 10.9. The molecule has 2 aromatic rings. The van der Waals surface area contributed by atoms with Crippen molar-refractivity contribution in [3.63, 3.8) is 0 Å². The number of nitrogens with one attached hydrogen (secondary N) is 1. The second-order valence-electron chi connectivity index (χ2n) is 4.11. The molecule has 88 valence electrons. The highest BCUT2D eigenvalue weighted by Gasteiger charge is 2.25. The zero-order chi connectivity index (χ0) is 11.8. The van der Waals surface area contributed by atoms with Gasteiger partial charge in [-0.25, -0.2) is 4.98 Å². The molecule has 1 aliphatic carbocycles. The van der Waals surface area contributed by atoms with E-state index in [2.05, 4.69) is 14.9 Å². The molecule has 1 aromatic carbocycles. The van der Waals surface area contributed by atoms with Gasteiger partial charge in [-0.1, -0.05) is 29.3 Å². The Bertz CT molecular complexity index is 526. The van der Waals surface area contributed by atoms with E-state index in [1.54, 1.807) is 18.3 Å². The molecule has 0 saturated heterocycles. The molecular weight excluding hydrogens is 257 g/mol. The molecule has 0 atom stereocenters. The van der Waals surface area contributed by atoms with Gasteiger partial charge in [0.05, 0.1) is 15.7 Å². The number of para-hydroxylation sites is 1. The van der Waals surface area contributed by atoms with Gasteiger partial charge in [-0.3, -0.25) is 0 Å². The zero-order valence-corrected chi connectivity index (χ0v) is 10.5. The highest BCUT2D eigenvalue weighted by molar-refractivity contribution is 6.39. The van der Waals surface area contributed by atoms with E-state index in [0.29, 0.717) is 21.8 Å². The SMILES string of the molecule is Clc1cccc(Cl)c1Nc1nccn1C1CC1. The molecular formula is C12H11Cl2N3. The van der Waals surface area contributed by atoms with Crippen LogP contribution in [0.5, 0.6) is 0 Å². The summed E-state index contributed by atoms with van der Waals surface area (Å²) in [6.45, 7) is 0. The van der Waals surface area contributed by atoms with Crippen molar-refractivity contribution in [1.82, 2.24) is 9.55 Å². The summed E-state index contributed by atoms with van der Waals surface area (Å²) in [6, 6.07) is 6.00. The Morgan fingerprint density at radius 2 is 1.94 bits per heavy atom. The molecule has 0 unspecified atom stereocenters. The van der Waals surface area contributed by atoms with E-state index >= 15 is 0 Å². The first-order valence-corrected chi connectivity index (χ1v) is 6.25. The summed E-state index contributed by atoms with van der Waals surface area (Å²) in [5, 5.41) is 4.40. The lowest BCUT2D eigenvalue weighted by Gasteiger charge is -2.11. The summed E-state index contributed by atoms with van der Waals surface area (Å²) >= 11 is 12.2. The van der Waals surface area contributed by atoms with Crippen LogP contribution in [-0.4, -0.2) is 9.55 Å². The van der Waals surface area contributed by atoms with Gasteiger partial charge in [-0.2, -0.15) is 0 Å². The van der Waals surface area contributed by atoms with Crippen molar-refractivity contribution in [3.8, 4) is 0 Å². The fourth-order valence-electron chi connectivity index (χ4n) is 1.79. The zero-order valence-electron chi connectivity index (χ0n) is 9.03. The minimum atomic E-state index is 0.571. The van der Waals surface area contributed by atoms with Gasteiger partial charge in [0.2, 0.25) is 5.95 Å². The van der Waals surface area contributed by atoms with E-state index in [4.69, 9.17) is 23.2 Å². The first-order valence-electron chi connectivity index (χ1n) is 5.49. The van der Waals surface area contributed by atoms with Gasteiger partial charge in [0, 0.05) is 18.4 Å². The highest BCUT2D eigenvalue weighted by Crippen LogP contribution is 2.38. The molecule has 1 aromatic heterocycles. The number of nitrogens with zero attached hydrogens (tertiary/aromatic N) is 2. The van der Waals surface area contributed by atoms with Gasteiger partial charge in [-0.15, -0.1) is 0 Å². The number of halogens is 2. The highest BCUT2D eigenvalue weighted by atomic mass is 35.5. The molecule has 1 heterocycles. The molecule has 3 rings (SSSR count). The maximum Gasteiger partial charge on any atom is 0.207 e. The summed E-state index contributed by atoms with van der Waals surface area (Å²) in [6.07, 6.45) is 6.18. The van der Waals surface area contributed by atoms with Gasteiger partial charge in [-0.05, 0) is 25.0 Å². The maximum atomic E-state index is 6.11. The van der Waals surface area contributed by atoms with E-state index in [0.717, 1.165) is 5.95 Å². The smallest absolute Gasteiger partial charge is 0.207 e. The third-order valence-electron chi connectivity index (χ3n) is 2.81. The third-order valence-corrected chi connectivity index (χ3v) is 3.44. The van der Waals surface area contributed by atoms with Crippen LogP contribution < -0.4 is 5.32 Å². The van der Waals surface area contributed by atoms with E-state index in [1.807, 2.05) is 12.3 Å². The fourth-order valence-corrected chi connectivity index (χ4v) is 2.28. The van der Waals surface area contributed by atoms with Crippen molar-refractivity contribution in [1.29, 1.82) is 0 Å². The Morgan fingerprint density at radius 1 is 1.24 bits per heavy atom. The van der Waals surface area contributed by atoms with Crippen LogP contribution in [0.15, 0.2) is 30.6 Å². The molecule has 1 saturated carbocycles. The first-order chi connectivity index (χ1) is 8.25. The van der Waals surface area contributed by atoms with Gasteiger partial charge < -0.3 is 9.88 Å². The predicted molar refractivity (Wildman–Crippen MR) is 70.2 cm³/mol. The minimum absolute atomic E-state index is 0.571. The molecule has 0 aliphatic heterocycles. The van der Waals surface area contributed by atoms with E-state index in [9.17, 15) is 0 Å². The molecule has 1 N–H and O–H groups in total. The summed E-state index contributed by atoms with van der Waals surface area (Å²) in [5.74, 6) is 0.794. The molecule has 17 heavy (non-hydrogen) atoms. The number of aromatic nitrogens is 2. The number of benzene rings is 1. The fraction of sp³-hybridized carbons (Fsp3) is 0.250. The molecule has 0 bridgehead atoms. The third kappa shape index (κ3) is 2.13. The van der Waals surface area contributed by atoms with Crippen molar-refractivity contribution in [2.24, 2.45) is 0 Å². The Kier molecular flexibility index (Phi) is 2.73. The largest absolute Gasteiger partial charge is 0.323 e. The molecule has 0 spiro atoms. The monoisotopic (exact) mass is 267 g/mol. The van der Waals surface area contributed by atoms with Crippen molar-refractivity contribution >= 4 is 34.8 Å². The second kappa shape index (κ2) is 4.24. The molecule has 0 radical (unpaired) electrons. The minimum Gasteiger partial charge on any atom is -0.323 e. The van der Waals surface area contributed by atoms with Gasteiger partial charge >= 0.3 is 0 Å². The van der Waals surface area contributed by atoms with Crippen LogP contribution in [0.25, 0.3) is 0 Å². The Balaban J connectivity index is 1.93. The topological polar surface area (TPSA) is 29.9 Å². The van der Waals surface area contributed by atoms with E-state index in [-0.39, 0.29) is 0 Å². The number of imidazole rings is 1. The maximum absolute atomic E-state index is 6.11. The normalized spacial score (nSPS) is 14.9. The number of rotatable bonds is 3. The van der Waals surface area contributed by atoms with Crippen LogP contribution in [0, 0.1) is 0 Å². The van der Waals surface area contributed by atoms with Crippen LogP contribution in [0.1, 0.15) is 18.9 Å². The number of hydrogen-bond acceptors (Lipinski definition) is 2. The van der Waals surface area contributed by atoms with Crippen LogP contribution in [-0.2, 0) is 0 Å². The van der Waals surface area contributed by atoms with Gasteiger partial charge in [0.15, 0.2) is 0 Å². The average Bonchev–Trinajstić information content (AvgIpc) is 3.04. The summed E-state index contributed by atoms with van der Waals surface area (Å²) in [5.41, 5.74) is 0.712. The van der Waals surface area contributed by atoms with Crippen molar-refractivity contribution in [2.45, 2.75) is 18.9 Å². The Morgan fingerprint density at radius 3 is 2.59 bits per heavy atom. The van der Waals surface area contributed by atoms with Crippen LogP contribution in [0.2, 0.25) is 10.0 Å². The van der Waals surface area contributed by atoms with Crippen LogP contribution >= 0.6 is 23.2 Å². The predicted octanol–water partition coefficient (Wildman–Crippen LogP) is 4.27. The molecule has 1 fully saturated rings. The van der Waals surface area contributed by atoms with Crippen molar-refractivity contribution in [3.05, 3.63) is 40.6 Å². The number of anilines is 2. The quantitative estimate of drug-likeness (QED) is 0.900. The van der Waals surface area contributed by atoms with Crippen LogP contribution in [0.3, 0.4) is 0 Å². The average molecular weight is 268 g/mol. The molecule has 3 nitrogen and oxygen atoms in total. The van der Waals surface area contributed by atoms with Crippen molar-refractivity contribution < 1.29 is 0 Å². The molecule has 1 aliphatic rings. The van der Waals surface area contributed by atoms with E-state index < -0.39 is 0 Å². The van der Waals surface area contributed by atoms with E-state index in [1.165, 1.54) is 12.8 Å². The Labute approximate surface area is 109 Å². The lowest BCUT2D eigenvalue weighted by molar-refractivity contribution is 0.751. The van der Waals surface area contributed by atoms with Gasteiger partial charge in [0.25, 0.3) is 0 Å². The summed E-state index contributed by atoms with van der Waals surface area (Å²) in [4.78, 5) is 4.29. The number of hydrogen-bond donors (Lipinski definition) is 1. The summed E-state index contributed by atoms with van der Waals surface area (Å²) in [7, 11) is 0. The molecule has 5 heteroatoms. The van der Waals surface area contributed by atoms with Crippen molar-refractivity contribution in [2.75, 3.05) is 5.32 Å². The standard InChI is InChI=1S/C12H11Cl2N3/c13-9-2-1-3-10(14)11(9)16-12-15-6-7-17(12)8-4-5-8/h1-3,6-8H,4-5H2,(H,15,16). The lowest BCUT2D eigenvalue weighted by atomic mass is 10.3. The lowest BCUT2D eigenvalue weighted by Crippen LogP contribution is -2.02. The second-order valence-corrected chi connectivity index (χ2v) is 4.93.